The molecule has 7 atom stereocenters. The molecule has 0 aromatic rings. The zero-order chi connectivity index (χ0) is 24.0. The van der Waals surface area contributed by atoms with E-state index in [2.05, 4.69) is 40.7 Å². The Morgan fingerprint density at radius 3 is 2.58 bits per heavy atom. The van der Waals surface area contributed by atoms with Crippen LogP contribution in [0, 0.1) is 35.0 Å². The van der Waals surface area contributed by atoms with Crippen LogP contribution in [-0.2, 0) is 9.84 Å². The van der Waals surface area contributed by atoms with Gasteiger partial charge in [-0.3, -0.25) is 0 Å². The molecule has 4 rings (SSSR count). The van der Waals surface area contributed by atoms with Crippen molar-refractivity contribution in [2.45, 2.75) is 117 Å². The summed E-state index contributed by atoms with van der Waals surface area (Å²) in [7, 11) is -3.16. The molecule has 1 N–H and O–H groups in total. The molecule has 0 bridgehead atoms. The third-order valence-electron chi connectivity index (χ3n) is 10.3. The second kappa shape index (κ2) is 9.80. The van der Waals surface area contributed by atoms with Gasteiger partial charge in [-0.25, -0.2) is 8.42 Å². The summed E-state index contributed by atoms with van der Waals surface area (Å²) in [6, 6.07) is 0. The number of allylic oxidation sites excluding steroid dienone is 1. The highest BCUT2D eigenvalue weighted by Gasteiger charge is 2.51. The summed E-state index contributed by atoms with van der Waals surface area (Å²) in [5.41, 5.74) is 3.88. The number of aliphatic hydroxyl groups is 1. The molecule has 33 heavy (non-hydrogen) atoms. The zero-order valence-corrected chi connectivity index (χ0v) is 22.6. The van der Waals surface area contributed by atoms with Gasteiger partial charge < -0.3 is 5.11 Å². The van der Waals surface area contributed by atoms with Crippen LogP contribution in [0.3, 0.4) is 0 Å². The molecule has 1 heterocycles. The minimum Gasteiger partial charge on any atom is -0.393 e. The first-order valence-electron chi connectivity index (χ1n) is 13.9. The molecular weight excluding hydrogens is 428 g/mol. The van der Waals surface area contributed by atoms with E-state index in [9.17, 15) is 13.5 Å². The van der Waals surface area contributed by atoms with Crippen LogP contribution in [-0.4, -0.2) is 30.6 Å². The Hall–Kier alpha value is -0.610. The first kappa shape index (κ1) is 25.5. The average Bonchev–Trinajstić information content (AvgIpc) is 3.22. The Balaban J connectivity index is 1.53. The third kappa shape index (κ3) is 4.90. The normalized spacial score (nSPS) is 39.1. The number of fused-ring (bicyclic) bond motifs is 1. The van der Waals surface area contributed by atoms with Crippen LogP contribution in [0.15, 0.2) is 22.8 Å². The summed E-state index contributed by atoms with van der Waals surface area (Å²) in [5.74, 6) is 3.86. The molecule has 0 amide bonds. The van der Waals surface area contributed by atoms with Gasteiger partial charge in [0.2, 0.25) is 0 Å². The number of hydrogen-bond acceptors (Lipinski definition) is 3. The quantitative estimate of drug-likeness (QED) is 0.408. The second-order valence-corrected chi connectivity index (χ2v) is 14.7. The minimum absolute atomic E-state index is 0.222. The van der Waals surface area contributed by atoms with Crippen LogP contribution in [0.4, 0.5) is 0 Å². The van der Waals surface area contributed by atoms with Gasteiger partial charge in [-0.1, -0.05) is 64.7 Å². The third-order valence-corrected chi connectivity index (χ3v) is 12.3. The van der Waals surface area contributed by atoms with E-state index in [0.717, 1.165) is 47.7 Å². The van der Waals surface area contributed by atoms with Gasteiger partial charge in [0.15, 0.2) is 9.84 Å². The smallest absolute Gasteiger partial charge is 0.164 e. The molecule has 2 saturated carbocycles. The molecule has 1 aliphatic heterocycles. The highest BCUT2D eigenvalue weighted by atomic mass is 32.2. The molecule has 3 aliphatic carbocycles. The summed E-state index contributed by atoms with van der Waals surface area (Å²) in [4.78, 5) is 0. The first-order valence-corrected chi connectivity index (χ1v) is 15.6. The molecule has 0 aromatic carbocycles. The fraction of sp³-hybridized carbons (Fsp3) is 0.862. The number of hydrogen-bond donors (Lipinski definition) is 1. The Morgan fingerprint density at radius 1 is 1.12 bits per heavy atom. The fourth-order valence-electron chi connectivity index (χ4n) is 8.33. The van der Waals surface area contributed by atoms with Crippen molar-refractivity contribution in [2.24, 2.45) is 35.0 Å². The van der Waals surface area contributed by atoms with Crippen molar-refractivity contribution in [3.63, 3.8) is 0 Å². The van der Waals surface area contributed by atoms with Crippen LogP contribution < -0.4 is 0 Å². The maximum atomic E-state index is 13.1. The summed E-state index contributed by atoms with van der Waals surface area (Å²) in [6.07, 6.45) is 13.8. The maximum absolute atomic E-state index is 13.1. The van der Waals surface area contributed by atoms with E-state index in [1.807, 2.05) is 0 Å². The first-order chi connectivity index (χ1) is 15.6. The van der Waals surface area contributed by atoms with Crippen molar-refractivity contribution in [1.82, 2.24) is 0 Å². The van der Waals surface area contributed by atoms with Gasteiger partial charge in [-0.15, -0.1) is 0 Å². The number of aliphatic hydroxyl groups excluding tert-OH is 1. The zero-order valence-electron chi connectivity index (χ0n) is 21.8. The topological polar surface area (TPSA) is 54.4 Å². The molecule has 3 nitrogen and oxygen atoms in total. The molecule has 0 spiro atoms. The SMILES string of the molecule is CC[C@H](CC[C@@H](C)[C@H]1CC[C@H]2/C(=C/C3C4=C(CC[C@H](O)C4)CS3(=O)=O)CCC[C@]12C)C(C)C. The molecule has 2 fully saturated rings. The van der Waals surface area contributed by atoms with E-state index < -0.39 is 15.1 Å². The predicted molar refractivity (Wildman–Crippen MR) is 138 cm³/mol. The molecule has 4 aliphatic rings. The summed E-state index contributed by atoms with van der Waals surface area (Å²) in [6.45, 7) is 12.1. The van der Waals surface area contributed by atoms with Crippen molar-refractivity contribution in [1.29, 1.82) is 0 Å². The molecular formula is C29H48O3S. The fourth-order valence-corrected chi connectivity index (χ4v) is 10.4. The molecule has 1 unspecified atom stereocenters. The maximum Gasteiger partial charge on any atom is 0.164 e. The van der Waals surface area contributed by atoms with Crippen LogP contribution in [0.1, 0.15) is 105 Å². The largest absolute Gasteiger partial charge is 0.393 e. The van der Waals surface area contributed by atoms with E-state index in [0.29, 0.717) is 24.2 Å². The van der Waals surface area contributed by atoms with Crippen LogP contribution in [0.2, 0.25) is 0 Å². The van der Waals surface area contributed by atoms with Gasteiger partial charge in [-0.2, -0.15) is 0 Å². The molecule has 0 saturated heterocycles. The standard InChI is InChI=1S/C29H48O3S/c1-6-21(19(2)3)10-9-20(4)26-13-14-27-22(8-7-15-29(26,27)5)16-28-25-17-24(30)12-11-23(25)18-33(28,31)32/h16,19-21,24,26-28,30H,6-15,17-18H2,1-5H3/b22-16+/t20-,21-,24+,26-,27+,28?,29-/m1/s1. The summed E-state index contributed by atoms with van der Waals surface area (Å²) in [5, 5.41) is 9.76. The average molecular weight is 477 g/mol. The predicted octanol–water partition coefficient (Wildman–Crippen LogP) is 6.87. The Kier molecular flexibility index (Phi) is 7.57. The molecule has 188 valence electrons. The molecule has 4 heteroatoms. The van der Waals surface area contributed by atoms with Crippen molar-refractivity contribution >= 4 is 9.84 Å². The van der Waals surface area contributed by atoms with Gasteiger partial charge in [0.1, 0.15) is 5.25 Å². The Morgan fingerprint density at radius 2 is 1.88 bits per heavy atom. The number of sulfone groups is 1. The van der Waals surface area contributed by atoms with Crippen LogP contribution >= 0.6 is 0 Å². The second-order valence-electron chi connectivity index (χ2n) is 12.6. The van der Waals surface area contributed by atoms with Crippen molar-refractivity contribution in [3.8, 4) is 0 Å². The lowest BCUT2D eigenvalue weighted by Gasteiger charge is -2.45. The summed E-state index contributed by atoms with van der Waals surface area (Å²) >= 11 is 0. The lowest BCUT2D eigenvalue weighted by atomic mass is 9.60. The molecule has 0 aromatic heterocycles. The van der Waals surface area contributed by atoms with Gasteiger partial charge in [0.05, 0.1) is 11.9 Å². The van der Waals surface area contributed by atoms with Gasteiger partial charge in [-0.05, 0) is 98.4 Å². The molecule has 0 radical (unpaired) electrons. The van der Waals surface area contributed by atoms with Gasteiger partial charge >= 0.3 is 0 Å². The number of rotatable bonds is 7. The highest BCUT2D eigenvalue weighted by molar-refractivity contribution is 7.92. The van der Waals surface area contributed by atoms with E-state index in [-0.39, 0.29) is 11.9 Å². The van der Waals surface area contributed by atoms with E-state index in [1.54, 1.807) is 0 Å². The Bertz CT molecular complexity index is 883. The highest BCUT2D eigenvalue weighted by Crippen LogP contribution is 2.60. The minimum atomic E-state index is -3.16. The monoisotopic (exact) mass is 476 g/mol. The van der Waals surface area contributed by atoms with E-state index in [4.69, 9.17) is 0 Å². The van der Waals surface area contributed by atoms with Crippen molar-refractivity contribution in [2.75, 3.05) is 5.75 Å². The van der Waals surface area contributed by atoms with Crippen LogP contribution in [0.5, 0.6) is 0 Å². The van der Waals surface area contributed by atoms with E-state index in [1.165, 1.54) is 50.5 Å². The lowest BCUT2D eigenvalue weighted by molar-refractivity contribution is 0.0899. The van der Waals surface area contributed by atoms with Crippen LogP contribution in [0.25, 0.3) is 0 Å². The Labute approximate surface area is 203 Å². The van der Waals surface area contributed by atoms with Gasteiger partial charge in [0.25, 0.3) is 0 Å². The van der Waals surface area contributed by atoms with E-state index >= 15 is 0 Å². The van der Waals surface area contributed by atoms with Crippen molar-refractivity contribution in [3.05, 3.63) is 22.8 Å². The van der Waals surface area contributed by atoms with Crippen molar-refractivity contribution < 1.29 is 13.5 Å². The lowest BCUT2D eigenvalue weighted by Crippen LogP contribution is -2.36. The van der Waals surface area contributed by atoms with Gasteiger partial charge in [0, 0.05) is 0 Å². The summed E-state index contributed by atoms with van der Waals surface area (Å²) < 4.78 is 26.2.